The Morgan fingerprint density at radius 3 is 2.79 bits per heavy atom. The van der Waals surface area contributed by atoms with E-state index in [0.717, 1.165) is 29.9 Å². The summed E-state index contributed by atoms with van der Waals surface area (Å²) in [4.78, 5) is 4.23. The van der Waals surface area contributed by atoms with Gasteiger partial charge in [0.15, 0.2) is 0 Å². The summed E-state index contributed by atoms with van der Waals surface area (Å²) in [6, 6.07) is 1.97. The maximum Gasteiger partial charge on any atom is 0.126 e. The molecule has 1 heterocycles. The van der Waals surface area contributed by atoms with Gasteiger partial charge in [0.1, 0.15) is 5.82 Å². The summed E-state index contributed by atoms with van der Waals surface area (Å²) in [5.41, 5.74) is 1.97. The first-order valence-electron chi connectivity index (χ1n) is 5.03. The number of nitrogens with zero attached hydrogens (tertiary/aromatic N) is 1. The first-order chi connectivity index (χ1) is 6.65. The van der Waals surface area contributed by atoms with Crippen LogP contribution in [0.3, 0.4) is 0 Å². The molecule has 3 heteroatoms. The maximum absolute atomic E-state index is 9.41. The highest BCUT2D eigenvalue weighted by Crippen LogP contribution is 2.18. The molecule has 0 aromatic carbocycles. The van der Waals surface area contributed by atoms with Crippen LogP contribution in [0.2, 0.25) is 0 Å². The highest BCUT2D eigenvalue weighted by Gasteiger charge is 2.05. The highest BCUT2D eigenvalue weighted by molar-refractivity contribution is 5.41. The lowest BCUT2D eigenvalue weighted by atomic mass is 10.1. The van der Waals surface area contributed by atoms with Gasteiger partial charge in [0.25, 0.3) is 0 Å². The fourth-order valence-corrected chi connectivity index (χ4v) is 1.35. The summed E-state index contributed by atoms with van der Waals surface area (Å²) >= 11 is 0. The largest absolute Gasteiger partial charge is 0.389 e. The third-order valence-electron chi connectivity index (χ3n) is 2.16. The summed E-state index contributed by atoms with van der Waals surface area (Å²) in [7, 11) is 0. The minimum atomic E-state index is -0.442. The van der Waals surface area contributed by atoms with Crippen molar-refractivity contribution in [2.24, 2.45) is 0 Å². The van der Waals surface area contributed by atoms with Crippen LogP contribution >= 0.6 is 0 Å². The fraction of sp³-hybridized carbons (Fsp3) is 0.545. The van der Waals surface area contributed by atoms with Crippen molar-refractivity contribution in [2.45, 2.75) is 33.3 Å². The van der Waals surface area contributed by atoms with Gasteiger partial charge >= 0.3 is 0 Å². The molecule has 0 saturated carbocycles. The van der Waals surface area contributed by atoms with E-state index in [2.05, 4.69) is 17.2 Å². The molecule has 78 valence electrons. The smallest absolute Gasteiger partial charge is 0.126 e. The van der Waals surface area contributed by atoms with Crippen molar-refractivity contribution in [2.75, 3.05) is 11.9 Å². The van der Waals surface area contributed by atoms with Gasteiger partial charge in [-0.05, 0) is 31.9 Å². The Bertz CT molecular complexity index is 297. The zero-order chi connectivity index (χ0) is 10.6. The Morgan fingerprint density at radius 1 is 1.57 bits per heavy atom. The predicted octanol–water partition coefficient (Wildman–Crippen LogP) is 2.27. The number of rotatable bonds is 4. The zero-order valence-corrected chi connectivity index (χ0v) is 9.04. The second-order valence-electron chi connectivity index (χ2n) is 3.53. The molecule has 0 aliphatic heterocycles. The van der Waals surface area contributed by atoms with E-state index in [0.29, 0.717) is 0 Å². The van der Waals surface area contributed by atoms with Gasteiger partial charge in [0.2, 0.25) is 0 Å². The van der Waals surface area contributed by atoms with Crippen molar-refractivity contribution in [3.63, 3.8) is 0 Å². The van der Waals surface area contributed by atoms with Crippen LogP contribution < -0.4 is 5.32 Å². The SMILES string of the molecule is CCCNc1cc(C)c([C@@H](C)O)cn1. The molecule has 1 aromatic heterocycles. The van der Waals surface area contributed by atoms with Gasteiger partial charge in [-0.2, -0.15) is 0 Å². The lowest BCUT2D eigenvalue weighted by molar-refractivity contribution is 0.198. The van der Waals surface area contributed by atoms with E-state index in [1.54, 1.807) is 13.1 Å². The number of hydrogen-bond donors (Lipinski definition) is 2. The third kappa shape index (κ3) is 2.70. The molecule has 1 atom stereocenters. The van der Waals surface area contributed by atoms with Crippen LogP contribution in [-0.4, -0.2) is 16.6 Å². The van der Waals surface area contributed by atoms with E-state index >= 15 is 0 Å². The fourth-order valence-electron chi connectivity index (χ4n) is 1.35. The van der Waals surface area contributed by atoms with Crippen molar-refractivity contribution in [1.82, 2.24) is 4.98 Å². The number of anilines is 1. The number of nitrogens with one attached hydrogen (secondary N) is 1. The van der Waals surface area contributed by atoms with E-state index in [1.165, 1.54) is 0 Å². The molecule has 0 aliphatic carbocycles. The summed E-state index contributed by atoms with van der Waals surface area (Å²) in [6.45, 7) is 6.79. The first kappa shape index (κ1) is 11.0. The second-order valence-corrected chi connectivity index (χ2v) is 3.53. The molecule has 0 saturated heterocycles. The van der Waals surface area contributed by atoms with Crippen molar-refractivity contribution in [1.29, 1.82) is 0 Å². The summed E-state index contributed by atoms with van der Waals surface area (Å²) in [5.74, 6) is 0.883. The van der Waals surface area contributed by atoms with Crippen LogP contribution in [0.4, 0.5) is 5.82 Å². The quantitative estimate of drug-likeness (QED) is 0.772. The predicted molar refractivity (Wildman–Crippen MR) is 58.4 cm³/mol. The Labute approximate surface area is 85.2 Å². The van der Waals surface area contributed by atoms with Crippen LogP contribution in [-0.2, 0) is 0 Å². The van der Waals surface area contributed by atoms with Gasteiger partial charge in [-0.1, -0.05) is 6.92 Å². The van der Waals surface area contributed by atoms with E-state index in [-0.39, 0.29) is 0 Å². The monoisotopic (exact) mass is 194 g/mol. The van der Waals surface area contributed by atoms with Gasteiger partial charge in [0.05, 0.1) is 6.10 Å². The minimum absolute atomic E-state index is 0.442. The maximum atomic E-state index is 9.41. The van der Waals surface area contributed by atoms with E-state index in [9.17, 15) is 5.11 Å². The normalized spacial score (nSPS) is 12.6. The van der Waals surface area contributed by atoms with Crippen molar-refractivity contribution >= 4 is 5.82 Å². The Balaban J connectivity index is 2.78. The topological polar surface area (TPSA) is 45.1 Å². The van der Waals surface area contributed by atoms with Gasteiger partial charge in [-0.15, -0.1) is 0 Å². The van der Waals surface area contributed by atoms with Crippen molar-refractivity contribution < 1.29 is 5.11 Å². The average molecular weight is 194 g/mol. The molecule has 0 bridgehead atoms. The molecule has 3 nitrogen and oxygen atoms in total. The van der Waals surface area contributed by atoms with Crippen LogP contribution in [0.15, 0.2) is 12.3 Å². The number of aromatic nitrogens is 1. The number of aryl methyl sites for hydroxylation is 1. The lowest BCUT2D eigenvalue weighted by Crippen LogP contribution is -2.04. The van der Waals surface area contributed by atoms with E-state index in [1.807, 2.05) is 13.0 Å². The number of hydrogen-bond acceptors (Lipinski definition) is 3. The number of aliphatic hydroxyl groups is 1. The van der Waals surface area contributed by atoms with Gasteiger partial charge in [-0.3, -0.25) is 0 Å². The molecule has 0 unspecified atom stereocenters. The molecule has 14 heavy (non-hydrogen) atoms. The van der Waals surface area contributed by atoms with E-state index < -0.39 is 6.10 Å². The number of pyridine rings is 1. The zero-order valence-electron chi connectivity index (χ0n) is 9.04. The van der Waals surface area contributed by atoms with Crippen molar-refractivity contribution in [3.8, 4) is 0 Å². The van der Waals surface area contributed by atoms with Gasteiger partial charge in [0, 0.05) is 18.3 Å². The number of aliphatic hydroxyl groups excluding tert-OH is 1. The van der Waals surface area contributed by atoms with Crippen molar-refractivity contribution in [3.05, 3.63) is 23.4 Å². The summed E-state index contributed by atoms with van der Waals surface area (Å²) < 4.78 is 0. The third-order valence-corrected chi connectivity index (χ3v) is 2.16. The highest BCUT2D eigenvalue weighted by atomic mass is 16.3. The van der Waals surface area contributed by atoms with Crippen LogP contribution in [0.1, 0.15) is 37.5 Å². The average Bonchev–Trinajstić information content (AvgIpc) is 2.14. The Kier molecular flexibility index (Phi) is 3.89. The Hall–Kier alpha value is -1.09. The first-order valence-corrected chi connectivity index (χ1v) is 5.03. The van der Waals surface area contributed by atoms with Gasteiger partial charge < -0.3 is 10.4 Å². The molecule has 0 aliphatic rings. The molecule has 1 aromatic rings. The van der Waals surface area contributed by atoms with Gasteiger partial charge in [-0.25, -0.2) is 4.98 Å². The summed E-state index contributed by atoms with van der Waals surface area (Å²) in [5, 5.41) is 12.6. The minimum Gasteiger partial charge on any atom is -0.389 e. The van der Waals surface area contributed by atoms with Crippen LogP contribution in [0, 0.1) is 6.92 Å². The van der Waals surface area contributed by atoms with Crippen LogP contribution in [0.5, 0.6) is 0 Å². The molecule has 0 spiro atoms. The molecule has 0 radical (unpaired) electrons. The molecular formula is C11H18N2O. The lowest BCUT2D eigenvalue weighted by Gasteiger charge is -2.10. The molecule has 1 rings (SSSR count). The summed E-state index contributed by atoms with van der Waals surface area (Å²) in [6.07, 6.45) is 2.37. The molecular weight excluding hydrogens is 176 g/mol. The Morgan fingerprint density at radius 2 is 2.29 bits per heavy atom. The molecule has 0 amide bonds. The standard InChI is InChI=1S/C11H18N2O/c1-4-5-12-11-6-8(2)10(7-13-11)9(3)14/h6-7,9,14H,4-5H2,1-3H3,(H,12,13)/t9-/m1/s1. The van der Waals surface area contributed by atoms with E-state index in [4.69, 9.17) is 0 Å². The van der Waals surface area contributed by atoms with Crippen LogP contribution in [0.25, 0.3) is 0 Å². The second kappa shape index (κ2) is 4.96. The molecule has 0 fully saturated rings. The molecule has 2 N–H and O–H groups in total.